The molecule has 0 fully saturated rings. The van der Waals surface area contributed by atoms with Crippen LogP contribution in [0.2, 0.25) is 0 Å². The SMILES string of the molecule is O=C1CSc2ccc(NCc3ccc(O)cc3)cc2N1. The van der Waals surface area contributed by atoms with E-state index in [1.165, 1.54) is 0 Å². The Balaban J connectivity index is 1.70. The molecule has 0 aromatic heterocycles. The summed E-state index contributed by atoms with van der Waals surface area (Å²) >= 11 is 1.55. The van der Waals surface area contributed by atoms with E-state index in [9.17, 15) is 9.90 Å². The molecule has 0 saturated carbocycles. The van der Waals surface area contributed by atoms with Gasteiger partial charge in [-0.05, 0) is 35.9 Å². The number of phenols is 1. The molecular formula is C15H14N2O2S. The second-order valence-electron chi connectivity index (χ2n) is 4.57. The lowest BCUT2D eigenvalue weighted by atomic mass is 10.2. The number of amides is 1. The molecule has 0 radical (unpaired) electrons. The molecule has 20 heavy (non-hydrogen) atoms. The molecule has 3 rings (SSSR count). The minimum absolute atomic E-state index is 0.0400. The van der Waals surface area contributed by atoms with Gasteiger partial charge >= 0.3 is 0 Å². The number of carbonyl (C=O) groups is 1. The molecule has 0 saturated heterocycles. The number of hydrogen-bond donors (Lipinski definition) is 3. The summed E-state index contributed by atoms with van der Waals surface area (Å²) in [4.78, 5) is 12.5. The first kappa shape index (κ1) is 12.9. The number of benzene rings is 2. The second kappa shape index (κ2) is 5.46. The lowest BCUT2D eigenvalue weighted by molar-refractivity contribution is -0.113. The highest BCUT2D eigenvalue weighted by molar-refractivity contribution is 8.00. The molecule has 0 bridgehead atoms. The molecule has 102 valence electrons. The van der Waals surface area contributed by atoms with Crippen molar-refractivity contribution in [3.8, 4) is 5.75 Å². The topological polar surface area (TPSA) is 61.4 Å². The van der Waals surface area contributed by atoms with Crippen molar-refractivity contribution < 1.29 is 9.90 Å². The normalized spacial score (nSPS) is 13.5. The van der Waals surface area contributed by atoms with Crippen LogP contribution in [0.4, 0.5) is 11.4 Å². The number of fused-ring (bicyclic) bond motifs is 1. The van der Waals surface area contributed by atoms with Gasteiger partial charge in [0.05, 0.1) is 11.4 Å². The average molecular weight is 286 g/mol. The maximum absolute atomic E-state index is 11.4. The lowest BCUT2D eigenvalue weighted by Crippen LogP contribution is -2.18. The molecule has 1 heterocycles. The summed E-state index contributed by atoms with van der Waals surface area (Å²) in [6.45, 7) is 0.667. The summed E-state index contributed by atoms with van der Waals surface area (Å²) in [6.07, 6.45) is 0. The van der Waals surface area contributed by atoms with E-state index in [4.69, 9.17) is 0 Å². The van der Waals surface area contributed by atoms with Gasteiger partial charge in [-0.2, -0.15) is 0 Å². The smallest absolute Gasteiger partial charge is 0.234 e. The van der Waals surface area contributed by atoms with Gasteiger partial charge in [0.1, 0.15) is 5.75 Å². The molecule has 4 nitrogen and oxygen atoms in total. The van der Waals surface area contributed by atoms with Crippen LogP contribution in [-0.2, 0) is 11.3 Å². The van der Waals surface area contributed by atoms with E-state index < -0.39 is 0 Å². The van der Waals surface area contributed by atoms with Crippen molar-refractivity contribution in [2.45, 2.75) is 11.4 Å². The molecule has 1 aliphatic rings. The molecule has 0 spiro atoms. The van der Waals surface area contributed by atoms with Crippen molar-refractivity contribution in [3.63, 3.8) is 0 Å². The Labute approximate surface area is 121 Å². The highest BCUT2D eigenvalue weighted by atomic mass is 32.2. The number of anilines is 2. The standard InChI is InChI=1S/C15H14N2O2S/c18-12-4-1-10(2-5-12)8-16-11-3-6-14-13(7-11)17-15(19)9-20-14/h1-7,16,18H,8-9H2,(H,17,19). The molecule has 3 N–H and O–H groups in total. The third kappa shape index (κ3) is 2.88. The van der Waals surface area contributed by atoms with Gasteiger partial charge < -0.3 is 15.7 Å². The summed E-state index contributed by atoms with van der Waals surface area (Å²) in [7, 11) is 0. The van der Waals surface area contributed by atoms with E-state index in [-0.39, 0.29) is 11.7 Å². The van der Waals surface area contributed by atoms with Crippen molar-refractivity contribution in [2.24, 2.45) is 0 Å². The van der Waals surface area contributed by atoms with E-state index in [1.54, 1.807) is 23.9 Å². The fourth-order valence-electron chi connectivity index (χ4n) is 2.01. The lowest BCUT2D eigenvalue weighted by Gasteiger charge is -2.17. The number of carbonyl (C=O) groups excluding carboxylic acids is 1. The van der Waals surface area contributed by atoms with E-state index in [1.807, 2.05) is 30.3 Å². The maximum Gasteiger partial charge on any atom is 0.234 e. The molecule has 0 unspecified atom stereocenters. The maximum atomic E-state index is 11.4. The number of nitrogens with one attached hydrogen (secondary N) is 2. The Morgan fingerprint density at radius 1 is 1.20 bits per heavy atom. The van der Waals surface area contributed by atoms with Crippen LogP contribution >= 0.6 is 11.8 Å². The van der Waals surface area contributed by atoms with Crippen LogP contribution in [0.3, 0.4) is 0 Å². The molecular weight excluding hydrogens is 272 g/mol. The van der Waals surface area contributed by atoms with E-state index >= 15 is 0 Å². The summed E-state index contributed by atoms with van der Waals surface area (Å²) < 4.78 is 0. The molecule has 2 aromatic rings. The fraction of sp³-hybridized carbons (Fsp3) is 0.133. The van der Waals surface area contributed by atoms with Crippen molar-refractivity contribution in [3.05, 3.63) is 48.0 Å². The van der Waals surface area contributed by atoms with Crippen molar-refractivity contribution >= 4 is 29.0 Å². The molecule has 2 aromatic carbocycles. The zero-order chi connectivity index (χ0) is 13.9. The minimum atomic E-state index is 0.0400. The van der Waals surface area contributed by atoms with Crippen LogP contribution < -0.4 is 10.6 Å². The summed E-state index contributed by atoms with van der Waals surface area (Å²) in [5.74, 6) is 0.785. The zero-order valence-corrected chi connectivity index (χ0v) is 11.5. The first-order valence-electron chi connectivity index (χ1n) is 6.29. The Kier molecular flexibility index (Phi) is 3.52. The van der Waals surface area contributed by atoms with Crippen LogP contribution in [-0.4, -0.2) is 16.8 Å². The van der Waals surface area contributed by atoms with E-state index in [2.05, 4.69) is 10.6 Å². The monoisotopic (exact) mass is 286 g/mol. The van der Waals surface area contributed by atoms with E-state index in [0.717, 1.165) is 21.8 Å². The summed E-state index contributed by atoms with van der Waals surface area (Å²) in [6, 6.07) is 13.0. The predicted octanol–water partition coefficient (Wildman–Crippen LogP) is 3.05. The Morgan fingerprint density at radius 3 is 2.80 bits per heavy atom. The molecule has 0 atom stereocenters. The Morgan fingerprint density at radius 2 is 2.00 bits per heavy atom. The fourth-order valence-corrected chi connectivity index (χ4v) is 2.80. The molecule has 1 aliphatic heterocycles. The van der Waals surface area contributed by atoms with Gasteiger partial charge in [0.15, 0.2) is 0 Å². The number of aromatic hydroxyl groups is 1. The number of thioether (sulfide) groups is 1. The van der Waals surface area contributed by atoms with Gasteiger partial charge in [0, 0.05) is 17.1 Å². The Bertz CT molecular complexity index is 641. The number of phenolic OH excluding ortho intramolecular Hbond substituents is 1. The third-order valence-electron chi connectivity index (χ3n) is 3.05. The van der Waals surface area contributed by atoms with Crippen LogP contribution in [0, 0.1) is 0 Å². The van der Waals surface area contributed by atoms with Gasteiger partial charge in [-0.25, -0.2) is 0 Å². The van der Waals surface area contributed by atoms with Gasteiger partial charge in [0.25, 0.3) is 0 Å². The van der Waals surface area contributed by atoms with Crippen molar-refractivity contribution in [1.29, 1.82) is 0 Å². The average Bonchev–Trinajstić information content (AvgIpc) is 2.46. The first-order chi connectivity index (χ1) is 9.70. The summed E-state index contributed by atoms with van der Waals surface area (Å²) in [5, 5.41) is 15.4. The molecule has 1 amide bonds. The quantitative estimate of drug-likeness (QED) is 0.811. The molecule has 5 heteroatoms. The van der Waals surface area contributed by atoms with Gasteiger partial charge in [-0.1, -0.05) is 12.1 Å². The van der Waals surface area contributed by atoms with Crippen molar-refractivity contribution in [2.75, 3.05) is 16.4 Å². The second-order valence-corrected chi connectivity index (χ2v) is 5.58. The first-order valence-corrected chi connectivity index (χ1v) is 7.28. The largest absolute Gasteiger partial charge is 0.508 e. The van der Waals surface area contributed by atoms with Crippen LogP contribution in [0.25, 0.3) is 0 Å². The number of rotatable bonds is 3. The number of hydrogen-bond acceptors (Lipinski definition) is 4. The minimum Gasteiger partial charge on any atom is -0.508 e. The van der Waals surface area contributed by atoms with E-state index in [0.29, 0.717) is 12.3 Å². The predicted molar refractivity (Wildman–Crippen MR) is 81.2 cm³/mol. The van der Waals surface area contributed by atoms with Gasteiger partial charge in [-0.15, -0.1) is 11.8 Å². The van der Waals surface area contributed by atoms with Crippen LogP contribution in [0.1, 0.15) is 5.56 Å². The van der Waals surface area contributed by atoms with Crippen LogP contribution in [0.15, 0.2) is 47.4 Å². The van der Waals surface area contributed by atoms with Gasteiger partial charge in [-0.3, -0.25) is 4.79 Å². The highest BCUT2D eigenvalue weighted by Gasteiger charge is 2.15. The highest BCUT2D eigenvalue weighted by Crippen LogP contribution is 2.33. The van der Waals surface area contributed by atoms with Crippen LogP contribution in [0.5, 0.6) is 5.75 Å². The van der Waals surface area contributed by atoms with Gasteiger partial charge in [0.2, 0.25) is 5.91 Å². The van der Waals surface area contributed by atoms with Crippen molar-refractivity contribution in [1.82, 2.24) is 0 Å². The Hall–Kier alpha value is -2.14. The zero-order valence-electron chi connectivity index (χ0n) is 10.7. The summed E-state index contributed by atoms with van der Waals surface area (Å²) in [5.41, 5.74) is 2.90. The third-order valence-corrected chi connectivity index (χ3v) is 4.12. The molecule has 0 aliphatic carbocycles.